The molecule has 1 nitrogen and oxygen atoms in total. The minimum atomic E-state index is -0.254. The number of carbonyl (C=O) groups excluding carboxylic acids is 1. The lowest BCUT2D eigenvalue weighted by Crippen LogP contribution is -2.12. The van der Waals surface area contributed by atoms with Crippen LogP contribution in [0.3, 0.4) is 0 Å². The Bertz CT molecular complexity index is 641. The van der Waals surface area contributed by atoms with Gasteiger partial charge in [-0.1, -0.05) is 42.5 Å². The van der Waals surface area contributed by atoms with Crippen molar-refractivity contribution in [2.75, 3.05) is 0 Å². The number of allylic oxidation sites excluding steroid dienone is 2. The van der Waals surface area contributed by atoms with Crippen LogP contribution in [0.15, 0.2) is 60.7 Å². The van der Waals surface area contributed by atoms with Crippen molar-refractivity contribution in [3.05, 3.63) is 77.6 Å². The molecule has 0 heterocycles. The predicted molar refractivity (Wildman–Crippen MR) is 77.8 cm³/mol. The quantitative estimate of drug-likeness (QED) is 0.789. The Morgan fingerprint density at radius 2 is 1.60 bits per heavy atom. The summed E-state index contributed by atoms with van der Waals surface area (Å²) in [5.41, 5.74) is 3.11. The molecule has 0 radical (unpaired) electrons. The number of ketones is 1. The Kier molecular flexibility index (Phi) is 3.46. The number of carbonyl (C=O) groups is 1. The van der Waals surface area contributed by atoms with E-state index in [1.165, 1.54) is 17.7 Å². The molecule has 0 aliphatic heterocycles. The van der Waals surface area contributed by atoms with Crippen molar-refractivity contribution >= 4 is 11.4 Å². The van der Waals surface area contributed by atoms with E-state index < -0.39 is 0 Å². The maximum Gasteiger partial charge on any atom is 0.156 e. The van der Waals surface area contributed by atoms with Gasteiger partial charge in [0.15, 0.2) is 5.78 Å². The van der Waals surface area contributed by atoms with Crippen LogP contribution >= 0.6 is 0 Å². The van der Waals surface area contributed by atoms with E-state index in [2.05, 4.69) is 12.1 Å². The van der Waals surface area contributed by atoms with Gasteiger partial charge in [0.2, 0.25) is 0 Å². The summed E-state index contributed by atoms with van der Waals surface area (Å²) < 4.78 is 13.0. The molecule has 0 N–H and O–H groups in total. The van der Waals surface area contributed by atoms with E-state index in [0.29, 0.717) is 6.42 Å². The molecule has 0 saturated heterocycles. The average molecular weight is 266 g/mol. The van der Waals surface area contributed by atoms with Gasteiger partial charge >= 0.3 is 0 Å². The maximum absolute atomic E-state index is 13.0. The van der Waals surface area contributed by atoms with Gasteiger partial charge in [-0.3, -0.25) is 4.79 Å². The van der Waals surface area contributed by atoms with Crippen molar-refractivity contribution in [1.82, 2.24) is 0 Å². The van der Waals surface area contributed by atoms with Crippen molar-refractivity contribution in [3.63, 3.8) is 0 Å². The second-order valence-electron chi connectivity index (χ2n) is 5.16. The van der Waals surface area contributed by atoms with Crippen molar-refractivity contribution in [3.8, 4) is 0 Å². The first-order valence-electron chi connectivity index (χ1n) is 6.76. The summed E-state index contributed by atoms with van der Waals surface area (Å²) in [4.78, 5) is 11.9. The molecule has 0 saturated carbocycles. The van der Waals surface area contributed by atoms with E-state index in [4.69, 9.17) is 0 Å². The van der Waals surface area contributed by atoms with Crippen LogP contribution in [-0.4, -0.2) is 5.78 Å². The summed E-state index contributed by atoms with van der Waals surface area (Å²) in [6, 6.07) is 16.4. The van der Waals surface area contributed by atoms with Gasteiger partial charge in [-0.05, 0) is 47.2 Å². The molecule has 1 atom stereocenters. The highest BCUT2D eigenvalue weighted by molar-refractivity contribution is 5.99. The third kappa shape index (κ3) is 2.69. The number of halogens is 1. The van der Waals surface area contributed by atoms with Crippen LogP contribution in [0.5, 0.6) is 0 Å². The lowest BCUT2D eigenvalue weighted by molar-refractivity contribution is -0.115. The first kappa shape index (κ1) is 12.8. The second-order valence-corrected chi connectivity index (χ2v) is 5.16. The van der Waals surface area contributed by atoms with Gasteiger partial charge < -0.3 is 0 Å². The van der Waals surface area contributed by atoms with Gasteiger partial charge in [0.25, 0.3) is 0 Å². The standard InChI is InChI=1S/C18H15FO/c19-17-8-6-14(7-9-17)16-10-15(11-18(20)12-16)13-4-2-1-3-5-13/h1-9,12,15H,10-11H2. The molecule has 3 rings (SSSR count). The Balaban J connectivity index is 1.89. The zero-order valence-corrected chi connectivity index (χ0v) is 11.1. The zero-order chi connectivity index (χ0) is 13.9. The second kappa shape index (κ2) is 5.41. The summed E-state index contributed by atoms with van der Waals surface area (Å²) in [6.07, 6.45) is 3.07. The van der Waals surface area contributed by atoms with E-state index in [9.17, 15) is 9.18 Å². The van der Waals surface area contributed by atoms with E-state index in [-0.39, 0.29) is 17.5 Å². The molecule has 0 aromatic heterocycles. The topological polar surface area (TPSA) is 17.1 Å². The van der Waals surface area contributed by atoms with Gasteiger partial charge in [-0.2, -0.15) is 0 Å². The van der Waals surface area contributed by atoms with Gasteiger partial charge in [-0.25, -0.2) is 4.39 Å². The highest BCUT2D eigenvalue weighted by Crippen LogP contribution is 2.35. The van der Waals surface area contributed by atoms with E-state index in [1.54, 1.807) is 18.2 Å². The first-order chi connectivity index (χ1) is 9.72. The molecular formula is C18H15FO. The molecular weight excluding hydrogens is 251 g/mol. The minimum Gasteiger partial charge on any atom is -0.295 e. The van der Waals surface area contributed by atoms with E-state index >= 15 is 0 Å². The lowest BCUT2D eigenvalue weighted by atomic mass is 9.81. The van der Waals surface area contributed by atoms with E-state index in [1.807, 2.05) is 18.2 Å². The van der Waals surface area contributed by atoms with E-state index in [0.717, 1.165) is 17.6 Å². The smallest absolute Gasteiger partial charge is 0.156 e. The predicted octanol–water partition coefficient (Wildman–Crippen LogP) is 4.36. The number of benzene rings is 2. The van der Waals surface area contributed by atoms with Crippen molar-refractivity contribution < 1.29 is 9.18 Å². The highest BCUT2D eigenvalue weighted by atomic mass is 19.1. The number of hydrogen-bond donors (Lipinski definition) is 0. The van der Waals surface area contributed by atoms with Gasteiger partial charge in [0, 0.05) is 6.42 Å². The molecule has 0 bridgehead atoms. The summed E-state index contributed by atoms with van der Waals surface area (Å²) in [5.74, 6) is 0.106. The third-order valence-electron chi connectivity index (χ3n) is 3.74. The largest absolute Gasteiger partial charge is 0.295 e. The van der Waals surface area contributed by atoms with Crippen LogP contribution in [0.4, 0.5) is 4.39 Å². The maximum atomic E-state index is 13.0. The highest BCUT2D eigenvalue weighted by Gasteiger charge is 2.22. The summed E-state index contributed by atoms with van der Waals surface area (Å²) in [7, 11) is 0. The Morgan fingerprint density at radius 1 is 0.900 bits per heavy atom. The summed E-state index contributed by atoms with van der Waals surface area (Å²) in [5, 5.41) is 0. The van der Waals surface area contributed by atoms with Gasteiger partial charge in [0.1, 0.15) is 5.82 Å². The van der Waals surface area contributed by atoms with Crippen LogP contribution < -0.4 is 0 Å². The fraction of sp³-hybridized carbons (Fsp3) is 0.167. The number of hydrogen-bond acceptors (Lipinski definition) is 1. The molecule has 2 heteroatoms. The number of rotatable bonds is 2. The molecule has 2 aromatic rings. The van der Waals surface area contributed by atoms with Crippen LogP contribution in [0.1, 0.15) is 29.9 Å². The molecule has 0 amide bonds. The zero-order valence-electron chi connectivity index (χ0n) is 11.1. The lowest BCUT2D eigenvalue weighted by Gasteiger charge is -2.22. The first-order valence-corrected chi connectivity index (χ1v) is 6.76. The Morgan fingerprint density at radius 3 is 2.30 bits per heavy atom. The summed E-state index contributed by atoms with van der Waals surface area (Å²) in [6.45, 7) is 0. The molecule has 1 aliphatic rings. The van der Waals surface area contributed by atoms with Crippen molar-refractivity contribution in [2.45, 2.75) is 18.8 Å². The Labute approximate surface area is 117 Å². The Hall–Kier alpha value is -2.22. The van der Waals surface area contributed by atoms with Crippen LogP contribution in [0, 0.1) is 5.82 Å². The van der Waals surface area contributed by atoms with Gasteiger partial charge in [-0.15, -0.1) is 0 Å². The molecule has 20 heavy (non-hydrogen) atoms. The molecule has 0 fully saturated rings. The SMILES string of the molecule is O=C1C=C(c2ccc(F)cc2)CC(c2ccccc2)C1. The fourth-order valence-electron chi connectivity index (χ4n) is 2.72. The monoisotopic (exact) mass is 266 g/mol. The van der Waals surface area contributed by atoms with Crippen molar-refractivity contribution in [2.24, 2.45) is 0 Å². The molecule has 2 aromatic carbocycles. The van der Waals surface area contributed by atoms with Gasteiger partial charge in [0.05, 0.1) is 0 Å². The van der Waals surface area contributed by atoms with Crippen LogP contribution in [0.2, 0.25) is 0 Å². The van der Waals surface area contributed by atoms with Crippen LogP contribution in [0.25, 0.3) is 5.57 Å². The van der Waals surface area contributed by atoms with Crippen molar-refractivity contribution in [1.29, 1.82) is 0 Å². The fourth-order valence-corrected chi connectivity index (χ4v) is 2.72. The van der Waals surface area contributed by atoms with Crippen LogP contribution in [-0.2, 0) is 4.79 Å². The molecule has 0 spiro atoms. The average Bonchev–Trinajstić information content (AvgIpc) is 2.48. The summed E-state index contributed by atoms with van der Waals surface area (Å²) >= 11 is 0. The third-order valence-corrected chi connectivity index (χ3v) is 3.74. The minimum absolute atomic E-state index is 0.143. The molecule has 1 unspecified atom stereocenters. The molecule has 100 valence electrons. The molecule has 1 aliphatic carbocycles. The normalized spacial score (nSPS) is 18.8.